The maximum absolute atomic E-state index is 12.6. The molecule has 7 heteroatoms. The topological polar surface area (TPSA) is 42.9 Å². The summed E-state index contributed by atoms with van der Waals surface area (Å²) in [5.41, 5.74) is 0.759. The van der Waals surface area contributed by atoms with Gasteiger partial charge in [0.2, 0.25) is 0 Å². The zero-order valence-electron chi connectivity index (χ0n) is 12.6. The number of rotatable bonds is 3. The summed E-state index contributed by atoms with van der Waals surface area (Å²) in [6, 6.07) is 12.4. The highest BCUT2D eigenvalue weighted by atomic mass is 35.5. The third-order valence-corrected chi connectivity index (χ3v) is 3.78. The third kappa shape index (κ3) is 3.85. The number of carbonyl (C=O) groups is 1. The molecule has 3 nitrogen and oxygen atoms in total. The van der Waals surface area contributed by atoms with Gasteiger partial charge in [-0.05, 0) is 30.3 Å². The summed E-state index contributed by atoms with van der Waals surface area (Å²) >= 11 is 5.84. The Bertz CT molecular complexity index is 907. The van der Waals surface area contributed by atoms with E-state index in [-0.39, 0.29) is 11.1 Å². The Morgan fingerprint density at radius 2 is 1.56 bits per heavy atom. The average Bonchev–Trinajstić information content (AvgIpc) is 2.61. The average molecular weight is 363 g/mol. The Morgan fingerprint density at radius 3 is 2.16 bits per heavy atom. The number of alkyl halides is 3. The van der Waals surface area contributed by atoms with E-state index < -0.39 is 17.5 Å². The number of ketones is 1. The van der Waals surface area contributed by atoms with Crippen LogP contribution in [0.25, 0.3) is 11.3 Å². The lowest BCUT2D eigenvalue weighted by Crippen LogP contribution is -2.07. The van der Waals surface area contributed by atoms with E-state index in [0.717, 1.165) is 29.8 Å². The highest BCUT2D eigenvalue weighted by Gasteiger charge is 2.30. The van der Waals surface area contributed by atoms with Crippen LogP contribution in [0.1, 0.15) is 21.5 Å². The molecule has 0 aliphatic heterocycles. The molecule has 25 heavy (non-hydrogen) atoms. The number of hydrogen-bond acceptors (Lipinski definition) is 3. The molecule has 3 aromatic rings. The molecule has 0 amide bonds. The van der Waals surface area contributed by atoms with Crippen LogP contribution in [-0.4, -0.2) is 16.0 Å². The fourth-order valence-electron chi connectivity index (χ4n) is 2.23. The standard InChI is InChI=1S/C18H10ClF3N2O/c19-15-7-3-11(4-8-15)16-9-13(10-23-24-16)17(25)12-1-5-14(6-2-12)18(20,21)22/h1-10H. The molecule has 1 aromatic heterocycles. The minimum absolute atomic E-state index is 0.142. The van der Waals surface area contributed by atoms with Gasteiger partial charge >= 0.3 is 6.18 Å². The normalized spacial score (nSPS) is 11.4. The molecule has 1 heterocycles. The van der Waals surface area contributed by atoms with Crippen molar-refractivity contribution in [2.75, 3.05) is 0 Å². The zero-order chi connectivity index (χ0) is 18.0. The minimum atomic E-state index is -4.44. The van der Waals surface area contributed by atoms with Crippen LogP contribution in [0.3, 0.4) is 0 Å². The summed E-state index contributed by atoms with van der Waals surface area (Å²) in [5.74, 6) is -0.432. The highest BCUT2D eigenvalue weighted by molar-refractivity contribution is 6.30. The Labute approximate surface area is 146 Å². The zero-order valence-corrected chi connectivity index (χ0v) is 13.3. The molecular formula is C18H10ClF3N2O. The lowest BCUT2D eigenvalue weighted by molar-refractivity contribution is -0.137. The molecule has 0 N–H and O–H groups in total. The summed E-state index contributed by atoms with van der Waals surface area (Å²) in [4.78, 5) is 12.5. The third-order valence-electron chi connectivity index (χ3n) is 3.53. The van der Waals surface area contributed by atoms with Gasteiger partial charge in [-0.2, -0.15) is 23.4 Å². The molecule has 2 aromatic carbocycles. The van der Waals surface area contributed by atoms with Crippen LogP contribution in [-0.2, 0) is 6.18 Å². The van der Waals surface area contributed by atoms with Gasteiger partial charge in [-0.3, -0.25) is 4.79 Å². The van der Waals surface area contributed by atoms with Crippen molar-refractivity contribution in [3.63, 3.8) is 0 Å². The monoisotopic (exact) mass is 362 g/mol. The van der Waals surface area contributed by atoms with Gasteiger partial charge in [0.1, 0.15) is 0 Å². The van der Waals surface area contributed by atoms with E-state index in [1.54, 1.807) is 24.3 Å². The smallest absolute Gasteiger partial charge is 0.289 e. The number of hydrogen-bond donors (Lipinski definition) is 0. The van der Waals surface area contributed by atoms with E-state index in [1.807, 2.05) is 0 Å². The largest absolute Gasteiger partial charge is 0.416 e. The SMILES string of the molecule is O=C(c1ccc(C(F)(F)F)cc1)c1cnnc(-c2ccc(Cl)cc2)c1. The van der Waals surface area contributed by atoms with Crippen LogP contribution in [0.5, 0.6) is 0 Å². The predicted molar refractivity (Wildman–Crippen MR) is 87.4 cm³/mol. The number of benzene rings is 2. The number of aromatic nitrogens is 2. The van der Waals surface area contributed by atoms with Gasteiger partial charge < -0.3 is 0 Å². The van der Waals surface area contributed by atoms with Crippen LogP contribution in [0, 0.1) is 0 Å². The van der Waals surface area contributed by atoms with Gasteiger partial charge in [-0.25, -0.2) is 0 Å². The molecule has 0 unspecified atom stereocenters. The molecule has 0 saturated heterocycles. The summed E-state index contributed by atoms with van der Waals surface area (Å²) in [5, 5.41) is 8.33. The van der Waals surface area contributed by atoms with Gasteiger partial charge in [0, 0.05) is 21.7 Å². The summed E-state index contributed by atoms with van der Waals surface area (Å²) in [6.45, 7) is 0. The van der Waals surface area contributed by atoms with Crippen molar-refractivity contribution in [2.45, 2.75) is 6.18 Å². The molecular weight excluding hydrogens is 353 g/mol. The van der Waals surface area contributed by atoms with Crippen LogP contribution < -0.4 is 0 Å². The van der Waals surface area contributed by atoms with Crippen LogP contribution in [0.2, 0.25) is 5.02 Å². The van der Waals surface area contributed by atoms with Crippen molar-refractivity contribution in [3.8, 4) is 11.3 Å². The molecule has 0 fully saturated rings. The first-order valence-electron chi connectivity index (χ1n) is 7.15. The minimum Gasteiger partial charge on any atom is -0.289 e. The maximum Gasteiger partial charge on any atom is 0.416 e. The second-order valence-corrected chi connectivity index (χ2v) is 5.68. The summed E-state index contributed by atoms with van der Waals surface area (Å²) in [7, 11) is 0. The fraction of sp³-hybridized carbons (Fsp3) is 0.0556. The lowest BCUT2D eigenvalue weighted by Gasteiger charge is -2.07. The Morgan fingerprint density at radius 1 is 0.920 bits per heavy atom. The van der Waals surface area contributed by atoms with Crippen molar-refractivity contribution < 1.29 is 18.0 Å². The molecule has 126 valence electrons. The van der Waals surface area contributed by atoms with E-state index in [0.29, 0.717) is 10.7 Å². The fourth-order valence-corrected chi connectivity index (χ4v) is 2.36. The quantitative estimate of drug-likeness (QED) is 0.612. The van der Waals surface area contributed by atoms with E-state index >= 15 is 0 Å². The van der Waals surface area contributed by atoms with Crippen molar-refractivity contribution in [1.82, 2.24) is 10.2 Å². The van der Waals surface area contributed by atoms with Crippen LogP contribution >= 0.6 is 11.6 Å². The van der Waals surface area contributed by atoms with Crippen LogP contribution in [0.15, 0.2) is 60.8 Å². The van der Waals surface area contributed by atoms with Crippen molar-refractivity contribution >= 4 is 17.4 Å². The van der Waals surface area contributed by atoms with E-state index in [4.69, 9.17) is 11.6 Å². The van der Waals surface area contributed by atoms with Gasteiger partial charge in [-0.1, -0.05) is 35.9 Å². The lowest BCUT2D eigenvalue weighted by atomic mass is 10.0. The van der Waals surface area contributed by atoms with Crippen LogP contribution in [0.4, 0.5) is 13.2 Å². The van der Waals surface area contributed by atoms with E-state index in [9.17, 15) is 18.0 Å². The Balaban J connectivity index is 1.90. The second-order valence-electron chi connectivity index (χ2n) is 5.24. The number of carbonyl (C=O) groups excluding carboxylic acids is 1. The Hall–Kier alpha value is -2.73. The van der Waals surface area contributed by atoms with E-state index in [1.165, 1.54) is 12.3 Å². The number of halogens is 4. The predicted octanol–water partition coefficient (Wildman–Crippen LogP) is 5.05. The molecule has 3 rings (SSSR count). The van der Waals surface area contributed by atoms with Gasteiger partial charge in [0.05, 0.1) is 17.5 Å². The van der Waals surface area contributed by atoms with Crippen molar-refractivity contribution in [3.05, 3.63) is 82.5 Å². The van der Waals surface area contributed by atoms with Crippen molar-refractivity contribution in [1.29, 1.82) is 0 Å². The molecule has 0 aliphatic carbocycles. The first kappa shape index (κ1) is 17.1. The molecule has 0 aliphatic rings. The maximum atomic E-state index is 12.6. The van der Waals surface area contributed by atoms with Gasteiger partial charge in [0.15, 0.2) is 5.78 Å². The molecule has 0 bridgehead atoms. The van der Waals surface area contributed by atoms with Crippen molar-refractivity contribution in [2.24, 2.45) is 0 Å². The second kappa shape index (κ2) is 6.64. The summed E-state index contributed by atoms with van der Waals surface area (Å²) in [6.07, 6.45) is -3.17. The summed E-state index contributed by atoms with van der Waals surface area (Å²) < 4.78 is 37.8. The molecule has 0 spiro atoms. The molecule has 0 saturated carbocycles. The molecule has 0 radical (unpaired) electrons. The highest BCUT2D eigenvalue weighted by Crippen LogP contribution is 2.29. The number of nitrogens with zero attached hydrogens (tertiary/aromatic N) is 2. The Kier molecular flexibility index (Phi) is 4.55. The molecule has 0 atom stereocenters. The van der Waals surface area contributed by atoms with Gasteiger partial charge in [-0.15, -0.1) is 0 Å². The first-order valence-corrected chi connectivity index (χ1v) is 7.53. The van der Waals surface area contributed by atoms with Gasteiger partial charge in [0.25, 0.3) is 0 Å². The van der Waals surface area contributed by atoms with E-state index in [2.05, 4.69) is 10.2 Å². The first-order chi connectivity index (χ1) is 11.8.